The van der Waals surface area contributed by atoms with Crippen LogP contribution in [0.15, 0.2) is 12.1 Å². The van der Waals surface area contributed by atoms with Gasteiger partial charge in [0.15, 0.2) is 0 Å². The van der Waals surface area contributed by atoms with Crippen LogP contribution in [-0.2, 0) is 6.54 Å². The Morgan fingerprint density at radius 1 is 1.64 bits per heavy atom. The van der Waals surface area contributed by atoms with Crippen molar-refractivity contribution >= 4 is 11.6 Å². The Morgan fingerprint density at radius 3 is 2.91 bits per heavy atom. The Labute approximate surface area is 70.1 Å². The molecule has 0 spiro atoms. The number of nitrogens with zero attached hydrogens (tertiary/aromatic N) is 1. The van der Waals surface area contributed by atoms with E-state index in [9.17, 15) is 0 Å². The standard InChI is InChI=1S/C7H9ClN2O/c1-11-7-3-5(8)2-6(4-9)10-7/h2-3H,4,9H2,1H3. The van der Waals surface area contributed by atoms with Gasteiger partial charge in [0.2, 0.25) is 5.88 Å². The number of pyridine rings is 1. The highest BCUT2D eigenvalue weighted by molar-refractivity contribution is 6.30. The van der Waals surface area contributed by atoms with Crippen LogP contribution in [-0.4, -0.2) is 12.1 Å². The summed E-state index contributed by atoms with van der Waals surface area (Å²) in [4.78, 5) is 4.04. The van der Waals surface area contributed by atoms with Crippen LogP contribution in [0.2, 0.25) is 5.02 Å². The summed E-state index contributed by atoms with van der Waals surface area (Å²) in [6.07, 6.45) is 0. The van der Waals surface area contributed by atoms with E-state index in [1.165, 1.54) is 0 Å². The van der Waals surface area contributed by atoms with Crippen LogP contribution < -0.4 is 10.5 Å². The van der Waals surface area contributed by atoms with Gasteiger partial charge in [0.1, 0.15) is 0 Å². The molecule has 0 aliphatic heterocycles. The van der Waals surface area contributed by atoms with E-state index in [2.05, 4.69) is 4.98 Å². The van der Waals surface area contributed by atoms with Crippen molar-refractivity contribution in [3.8, 4) is 5.88 Å². The number of hydrogen-bond donors (Lipinski definition) is 1. The second-order valence-electron chi connectivity index (χ2n) is 2.02. The molecular weight excluding hydrogens is 164 g/mol. The molecule has 0 saturated carbocycles. The fraction of sp³-hybridized carbons (Fsp3) is 0.286. The maximum atomic E-state index is 5.73. The number of hydrogen-bond acceptors (Lipinski definition) is 3. The third kappa shape index (κ3) is 2.06. The molecule has 0 atom stereocenters. The second kappa shape index (κ2) is 3.55. The first-order valence-electron chi connectivity index (χ1n) is 3.17. The molecule has 0 aromatic carbocycles. The van der Waals surface area contributed by atoms with Crippen molar-refractivity contribution < 1.29 is 4.74 Å². The van der Waals surface area contributed by atoms with Gasteiger partial charge in [-0.05, 0) is 6.07 Å². The lowest BCUT2D eigenvalue weighted by Crippen LogP contribution is -2.00. The average molecular weight is 173 g/mol. The molecule has 0 fully saturated rings. The van der Waals surface area contributed by atoms with Gasteiger partial charge in [-0.2, -0.15) is 0 Å². The van der Waals surface area contributed by atoms with E-state index in [0.717, 1.165) is 5.69 Å². The van der Waals surface area contributed by atoms with Crippen molar-refractivity contribution in [1.29, 1.82) is 0 Å². The van der Waals surface area contributed by atoms with Gasteiger partial charge in [-0.25, -0.2) is 4.98 Å². The molecule has 0 bridgehead atoms. The number of ether oxygens (including phenoxy) is 1. The summed E-state index contributed by atoms with van der Waals surface area (Å²) in [5, 5.41) is 0.595. The lowest BCUT2D eigenvalue weighted by Gasteiger charge is -2.01. The molecular formula is C7H9ClN2O. The third-order valence-electron chi connectivity index (χ3n) is 1.24. The summed E-state index contributed by atoms with van der Waals surface area (Å²) in [5.74, 6) is 0.498. The van der Waals surface area contributed by atoms with Crippen LogP contribution in [0.5, 0.6) is 5.88 Å². The van der Waals surface area contributed by atoms with Crippen molar-refractivity contribution in [2.75, 3.05) is 7.11 Å². The summed E-state index contributed by atoms with van der Waals surface area (Å²) in [7, 11) is 1.54. The summed E-state index contributed by atoms with van der Waals surface area (Å²) in [6.45, 7) is 0.372. The van der Waals surface area contributed by atoms with Crippen LogP contribution in [0, 0.1) is 0 Å². The molecule has 1 aromatic heterocycles. The average Bonchev–Trinajstić information content (AvgIpc) is 2.03. The number of rotatable bonds is 2. The predicted octanol–water partition coefficient (Wildman–Crippen LogP) is 1.20. The maximum Gasteiger partial charge on any atom is 0.214 e. The minimum absolute atomic E-state index is 0.372. The smallest absolute Gasteiger partial charge is 0.214 e. The molecule has 0 saturated heterocycles. The van der Waals surface area contributed by atoms with Crippen LogP contribution in [0.1, 0.15) is 5.69 Å². The Kier molecular flexibility index (Phi) is 2.68. The summed E-state index contributed by atoms with van der Waals surface area (Å²) < 4.78 is 4.89. The summed E-state index contributed by atoms with van der Waals surface area (Å²) in [5.41, 5.74) is 6.10. The van der Waals surface area contributed by atoms with Crippen molar-refractivity contribution in [3.63, 3.8) is 0 Å². The third-order valence-corrected chi connectivity index (χ3v) is 1.46. The molecule has 1 heterocycles. The first-order valence-corrected chi connectivity index (χ1v) is 3.54. The Bertz CT molecular complexity index is 230. The first-order chi connectivity index (χ1) is 5.26. The molecule has 0 amide bonds. The van der Waals surface area contributed by atoms with Crippen LogP contribution in [0.25, 0.3) is 0 Å². The van der Waals surface area contributed by atoms with Crippen molar-refractivity contribution in [2.45, 2.75) is 6.54 Å². The highest BCUT2D eigenvalue weighted by atomic mass is 35.5. The van der Waals surface area contributed by atoms with Gasteiger partial charge >= 0.3 is 0 Å². The molecule has 11 heavy (non-hydrogen) atoms. The second-order valence-corrected chi connectivity index (χ2v) is 2.46. The summed E-state index contributed by atoms with van der Waals surface area (Å²) in [6, 6.07) is 3.35. The van der Waals surface area contributed by atoms with Gasteiger partial charge in [0.25, 0.3) is 0 Å². The zero-order chi connectivity index (χ0) is 8.27. The Morgan fingerprint density at radius 2 is 2.36 bits per heavy atom. The van der Waals surface area contributed by atoms with Gasteiger partial charge in [-0.3, -0.25) is 0 Å². The number of methoxy groups -OCH3 is 1. The van der Waals surface area contributed by atoms with E-state index in [4.69, 9.17) is 22.1 Å². The number of halogens is 1. The zero-order valence-electron chi connectivity index (χ0n) is 6.17. The highest BCUT2D eigenvalue weighted by Gasteiger charge is 1.98. The van der Waals surface area contributed by atoms with E-state index in [-0.39, 0.29) is 0 Å². The Balaban J connectivity index is 3.02. The van der Waals surface area contributed by atoms with Crippen LogP contribution >= 0.6 is 11.6 Å². The fourth-order valence-corrected chi connectivity index (χ4v) is 0.953. The lowest BCUT2D eigenvalue weighted by atomic mass is 10.3. The normalized spacial score (nSPS) is 9.73. The van der Waals surface area contributed by atoms with Crippen molar-refractivity contribution in [1.82, 2.24) is 4.98 Å². The van der Waals surface area contributed by atoms with E-state index in [1.807, 2.05) is 0 Å². The van der Waals surface area contributed by atoms with Gasteiger partial charge in [-0.1, -0.05) is 11.6 Å². The maximum absolute atomic E-state index is 5.73. The van der Waals surface area contributed by atoms with E-state index in [0.29, 0.717) is 17.4 Å². The van der Waals surface area contributed by atoms with Gasteiger partial charge in [-0.15, -0.1) is 0 Å². The molecule has 0 aliphatic carbocycles. The predicted molar refractivity (Wildman–Crippen MR) is 43.7 cm³/mol. The monoisotopic (exact) mass is 172 g/mol. The minimum Gasteiger partial charge on any atom is -0.481 e. The fourth-order valence-electron chi connectivity index (χ4n) is 0.734. The zero-order valence-corrected chi connectivity index (χ0v) is 6.93. The quantitative estimate of drug-likeness (QED) is 0.730. The van der Waals surface area contributed by atoms with E-state index >= 15 is 0 Å². The van der Waals surface area contributed by atoms with Crippen LogP contribution in [0.3, 0.4) is 0 Å². The van der Waals surface area contributed by atoms with Gasteiger partial charge in [0.05, 0.1) is 12.8 Å². The molecule has 3 nitrogen and oxygen atoms in total. The minimum atomic E-state index is 0.372. The molecule has 2 N–H and O–H groups in total. The molecule has 60 valence electrons. The van der Waals surface area contributed by atoms with Crippen molar-refractivity contribution in [3.05, 3.63) is 22.8 Å². The van der Waals surface area contributed by atoms with Gasteiger partial charge in [0, 0.05) is 17.6 Å². The molecule has 4 heteroatoms. The van der Waals surface area contributed by atoms with Crippen molar-refractivity contribution in [2.24, 2.45) is 5.73 Å². The van der Waals surface area contributed by atoms with Crippen LogP contribution in [0.4, 0.5) is 0 Å². The SMILES string of the molecule is COc1cc(Cl)cc(CN)n1. The molecule has 0 unspecified atom stereocenters. The largest absolute Gasteiger partial charge is 0.481 e. The highest BCUT2D eigenvalue weighted by Crippen LogP contribution is 2.16. The number of nitrogens with two attached hydrogens (primary N) is 1. The first kappa shape index (κ1) is 8.30. The topological polar surface area (TPSA) is 48.1 Å². The molecule has 1 aromatic rings. The lowest BCUT2D eigenvalue weighted by molar-refractivity contribution is 0.396. The van der Waals surface area contributed by atoms with E-state index in [1.54, 1.807) is 19.2 Å². The molecule has 0 aliphatic rings. The summed E-state index contributed by atoms with van der Waals surface area (Å²) >= 11 is 5.73. The number of aromatic nitrogens is 1. The van der Waals surface area contributed by atoms with Gasteiger partial charge < -0.3 is 10.5 Å². The molecule has 0 radical (unpaired) electrons. The Hall–Kier alpha value is -0.800. The van der Waals surface area contributed by atoms with E-state index < -0.39 is 0 Å². The molecule has 1 rings (SSSR count).